The number of benzene rings is 1. The normalized spacial score (nSPS) is 16.6. The second-order valence-electron chi connectivity index (χ2n) is 6.90. The first-order valence-corrected chi connectivity index (χ1v) is 9.36. The number of anilines is 4. The molecule has 0 amide bonds. The summed E-state index contributed by atoms with van der Waals surface area (Å²) in [5.41, 5.74) is 6.68. The topological polar surface area (TPSA) is 119 Å². The fourth-order valence-electron chi connectivity index (χ4n) is 3.08. The highest BCUT2D eigenvalue weighted by molar-refractivity contribution is 5.59. The number of hydrogen-bond acceptors (Lipinski definition) is 10. The zero-order valence-corrected chi connectivity index (χ0v) is 16.5. The monoisotopic (exact) mass is 436 g/mol. The Morgan fingerprint density at radius 3 is 2.68 bits per heavy atom. The van der Waals surface area contributed by atoms with Gasteiger partial charge in [-0.05, 0) is 18.6 Å². The van der Waals surface area contributed by atoms with Crippen molar-refractivity contribution in [2.75, 3.05) is 42.3 Å². The number of nitrogens with zero attached hydrogens (tertiary/aromatic N) is 7. The molecule has 10 nitrogen and oxygen atoms in total. The fraction of sp³-hybridized carbons (Fsp3) is 0.389. The second-order valence-corrected chi connectivity index (χ2v) is 6.90. The van der Waals surface area contributed by atoms with E-state index >= 15 is 0 Å². The van der Waals surface area contributed by atoms with Crippen molar-refractivity contribution in [1.29, 1.82) is 0 Å². The lowest BCUT2D eigenvalue weighted by atomic mass is 10.3. The van der Waals surface area contributed by atoms with Crippen LogP contribution < -0.4 is 15.5 Å². The Labute approximate surface area is 174 Å². The summed E-state index contributed by atoms with van der Waals surface area (Å²) < 4.78 is 47.2. The van der Waals surface area contributed by atoms with Crippen molar-refractivity contribution in [2.45, 2.75) is 18.7 Å². The Kier molecular flexibility index (Phi) is 5.59. The number of ether oxygens (including phenoxy) is 1. The van der Waals surface area contributed by atoms with E-state index in [0.717, 1.165) is 5.69 Å². The molecule has 3 aromatic rings. The number of halogens is 3. The number of para-hydroxylation sites is 1. The molecule has 0 saturated carbocycles. The van der Waals surface area contributed by atoms with E-state index in [1.165, 1.54) is 0 Å². The van der Waals surface area contributed by atoms with Gasteiger partial charge in [0.2, 0.25) is 23.5 Å². The minimum atomic E-state index is -4.37. The maximum atomic E-state index is 12.3. The smallest absolute Gasteiger partial charge is 0.368 e. The third kappa shape index (κ3) is 4.99. The number of rotatable bonds is 6. The molecule has 1 saturated heterocycles. The third-order valence-electron chi connectivity index (χ3n) is 4.60. The molecule has 1 aromatic carbocycles. The Bertz CT molecular complexity index is 1030. The van der Waals surface area contributed by atoms with Gasteiger partial charge in [0.05, 0.1) is 6.10 Å². The van der Waals surface area contributed by atoms with Crippen LogP contribution in [-0.2, 0) is 4.74 Å². The van der Waals surface area contributed by atoms with E-state index < -0.39 is 18.9 Å². The molecule has 1 aliphatic heterocycles. The van der Waals surface area contributed by atoms with E-state index in [-0.39, 0.29) is 30.2 Å². The standard InChI is InChI=1S/C18H19F3N8O2/c1-28(11-5-3-2-4-6-11)16-24-13(23-15(22)26-16)14-25-17(31-27-14)29-8-7-12(9-29)30-10-18(19,20)21/h2-6,12H,7-10H2,1H3,(H2,22,23,24,26)/t12-/m1/s1. The molecule has 1 aliphatic rings. The van der Waals surface area contributed by atoms with Gasteiger partial charge < -0.3 is 24.8 Å². The molecule has 2 aromatic heterocycles. The maximum Gasteiger partial charge on any atom is 0.411 e. The van der Waals surface area contributed by atoms with Crippen LogP contribution >= 0.6 is 0 Å². The van der Waals surface area contributed by atoms with E-state index in [0.29, 0.717) is 18.9 Å². The Morgan fingerprint density at radius 1 is 1.16 bits per heavy atom. The van der Waals surface area contributed by atoms with Crippen LogP contribution in [0, 0.1) is 0 Å². The van der Waals surface area contributed by atoms with Crippen molar-refractivity contribution in [3.05, 3.63) is 30.3 Å². The number of aromatic nitrogens is 5. The average Bonchev–Trinajstić information content (AvgIpc) is 3.41. The van der Waals surface area contributed by atoms with Crippen molar-refractivity contribution in [3.8, 4) is 11.6 Å². The SMILES string of the molecule is CN(c1ccccc1)c1nc(N)nc(-c2noc(N3CC[C@@H](OCC(F)(F)F)C3)n2)n1. The number of nitrogen functional groups attached to an aromatic ring is 1. The van der Waals surface area contributed by atoms with Gasteiger partial charge in [-0.3, -0.25) is 0 Å². The third-order valence-corrected chi connectivity index (χ3v) is 4.60. The van der Waals surface area contributed by atoms with Gasteiger partial charge in [0, 0.05) is 25.8 Å². The first-order chi connectivity index (χ1) is 14.8. The van der Waals surface area contributed by atoms with E-state index in [9.17, 15) is 13.2 Å². The molecule has 2 N–H and O–H groups in total. The van der Waals surface area contributed by atoms with Gasteiger partial charge >= 0.3 is 12.2 Å². The fourth-order valence-corrected chi connectivity index (χ4v) is 3.08. The van der Waals surface area contributed by atoms with E-state index in [1.54, 1.807) is 16.8 Å². The molecular formula is C18H19F3N8O2. The van der Waals surface area contributed by atoms with E-state index in [1.807, 2.05) is 30.3 Å². The van der Waals surface area contributed by atoms with Crippen LogP contribution in [0.5, 0.6) is 0 Å². The molecule has 13 heteroatoms. The molecule has 0 radical (unpaired) electrons. The summed E-state index contributed by atoms with van der Waals surface area (Å²) >= 11 is 0. The van der Waals surface area contributed by atoms with Gasteiger partial charge in [0.15, 0.2) is 0 Å². The average molecular weight is 436 g/mol. The van der Waals surface area contributed by atoms with Crippen molar-refractivity contribution < 1.29 is 22.4 Å². The summed E-state index contributed by atoms with van der Waals surface area (Å²) in [6.07, 6.45) is -4.52. The number of nitrogens with two attached hydrogens (primary N) is 1. The summed E-state index contributed by atoms with van der Waals surface area (Å²) in [6.45, 7) is -0.660. The molecule has 1 fully saturated rings. The van der Waals surface area contributed by atoms with Crippen LogP contribution in [0.25, 0.3) is 11.6 Å². The summed E-state index contributed by atoms with van der Waals surface area (Å²) in [5, 5.41) is 3.88. The first-order valence-electron chi connectivity index (χ1n) is 9.36. The zero-order valence-electron chi connectivity index (χ0n) is 16.5. The molecule has 0 unspecified atom stereocenters. The van der Waals surface area contributed by atoms with Crippen LogP contribution in [-0.4, -0.2) is 64.1 Å². The summed E-state index contributed by atoms with van der Waals surface area (Å²) in [7, 11) is 1.78. The van der Waals surface area contributed by atoms with Gasteiger partial charge in [-0.1, -0.05) is 23.4 Å². The highest BCUT2D eigenvalue weighted by Crippen LogP contribution is 2.26. The highest BCUT2D eigenvalue weighted by atomic mass is 19.4. The maximum absolute atomic E-state index is 12.3. The molecule has 1 atom stereocenters. The van der Waals surface area contributed by atoms with Crippen LogP contribution in [0.2, 0.25) is 0 Å². The summed E-state index contributed by atoms with van der Waals surface area (Å²) in [4.78, 5) is 20.2. The zero-order chi connectivity index (χ0) is 22.0. The molecule has 3 heterocycles. The van der Waals surface area contributed by atoms with Gasteiger partial charge in [0.1, 0.15) is 6.61 Å². The van der Waals surface area contributed by atoms with Crippen molar-refractivity contribution in [2.24, 2.45) is 0 Å². The molecule has 31 heavy (non-hydrogen) atoms. The van der Waals surface area contributed by atoms with E-state index in [2.05, 4.69) is 25.1 Å². The molecule has 4 rings (SSSR count). The lowest BCUT2D eigenvalue weighted by Gasteiger charge is -2.17. The largest absolute Gasteiger partial charge is 0.411 e. The van der Waals surface area contributed by atoms with Crippen molar-refractivity contribution in [1.82, 2.24) is 25.1 Å². The minimum Gasteiger partial charge on any atom is -0.368 e. The van der Waals surface area contributed by atoms with Crippen LogP contribution in [0.4, 0.5) is 36.8 Å². The van der Waals surface area contributed by atoms with Crippen LogP contribution in [0.15, 0.2) is 34.9 Å². The summed E-state index contributed by atoms with van der Waals surface area (Å²) in [5.74, 6) is 0.480. The predicted molar refractivity (Wildman–Crippen MR) is 105 cm³/mol. The highest BCUT2D eigenvalue weighted by Gasteiger charge is 2.33. The van der Waals surface area contributed by atoms with Crippen LogP contribution in [0.1, 0.15) is 6.42 Å². The predicted octanol–water partition coefficient (Wildman–Crippen LogP) is 2.43. The molecule has 0 aliphatic carbocycles. The van der Waals surface area contributed by atoms with Gasteiger partial charge in [-0.2, -0.15) is 33.1 Å². The molecule has 164 valence electrons. The molecular weight excluding hydrogens is 417 g/mol. The number of alkyl halides is 3. The lowest BCUT2D eigenvalue weighted by molar-refractivity contribution is -0.183. The number of hydrogen-bond donors (Lipinski definition) is 1. The van der Waals surface area contributed by atoms with E-state index in [4.69, 9.17) is 15.0 Å². The summed E-state index contributed by atoms with van der Waals surface area (Å²) in [6, 6.07) is 9.57. The molecule has 0 bridgehead atoms. The Balaban J connectivity index is 1.49. The second kappa shape index (κ2) is 8.34. The Hall–Kier alpha value is -3.48. The first kappa shape index (κ1) is 20.8. The van der Waals surface area contributed by atoms with Crippen molar-refractivity contribution in [3.63, 3.8) is 0 Å². The van der Waals surface area contributed by atoms with Gasteiger partial charge in [-0.15, -0.1) is 0 Å². The molecule has 0 spiro atoms. The van der Waals surface area contributed by atoms with Gasteiger partial charge in [-0.25, -0.2) is 0 Å². The Morgan fingerprint density at radius 2 is 1.94 bits per heavy atom. The quantitative estimate of drug-likeness (QED) is 0.617. The minimum absolute atomic E-state index is 0.0177. The van der Waals surface area contributed by atoms with Crippen LogP contribution in [0.3, 0.4) is 0 Å². The van der Waals surface area contributed by atoms with Gasteiger partial charge in [0.25, 0.3) is 0 Å². The lowest BCUT2D eigenvalue weighted by Crippen LogP contribution is -2.27. The van der Waals surface area contributed by atoms with Crippen molar-refractivity contribution >= 4 is 23.6 Å².